The molecule has 1 nitrogen and oxygen atoms in total. The third kappa shape index (κ3) is 5.15. The summed E-state index contributed by atoms with van der Waals surface area (Å²) in [6.07, 6.45) is 0. The smallest absolute Gasteiger partial charge is 0.0546 e. The van der Waals surface area contributed by atoms with Gasteiger partial charge in [0.05, 0.1) is 11.4 Å². The van der Waals surface area contributed by atoms with Crippen molar-refractivity contribution in [2.45, 2.75) is 45.4 Å². The molecule has 252 valence electrons. The van der Waals surface area contributed by atoms with Crippen molar-refractivity contribution in [3.63, 3.8) is 0 Å². The van der Waals surface area contributed by atoms with E-state index in [1.807, 2.05) is 0 Å². The van der Waals surface area contributed by atoms with E-state index in [9.17, 15) is 0 Å². The molecule has 8 aromatic rings. The second-order valence-corrected chi connectivity index (χ2v) is 15.8. The molecule has 0 aromatic heterocycles. The zero-order valence-electron chi connectivity index (χ0n) is 30.6. The molecule has 9 rings (SSSR count). The molecule has 0 bridgehead atoms. The fourth-order valence-electron chi connectivity index (χ4n) is 8.59. The van der Waals surface area contributed by atoms with Crippen LogP contribution >= 0.6 is 0 Å². The van der Waals surface area contributed by atoms with Crippen molar-refractivity contribution in [2.75, 3.05) is 4.90 Å². The number of hydrogen-bond donors (Lipinski definition) is 0. The molecule has 8 aromatic carbocycles. The Kier molecular flexibility index (Phi) is 7.45. The van der Waals surface area contributed by atoms with Crippen LogP contribution in [0.3, 0.4) is 0 Å². The first kappa shape index (κ1) is 32.0. The van der Waals surface area contributed by atoms with E-state index in [4.69, 9.17) is 0 Å². The van der Waals surface area contributed by atoms with Crippen molar-refractivity contribution in [2.24, 2.45) is 0 Å². The Morgan fingerprint density at radius 2 is 1.08 bits per heavy atom. The van der Waals surface area contributed by atoms with Crippen molar-refractivity contribution in [3.8, 4) is 33.4 Å². The summed E-state index contributed by atoms with van der Waals surface area (Å²) >= 11 is 0. The van der Waals surface area contributed by atoms with Gasteiger partial charge in [-0.25, -0.2) is 0 Å². The first-order chi connectivity index (χ1) is 25.2. The van der Waals surface area contributed by atoms with Crippen LogP contribution in [0.4, 0.5) is 17.1 Å². The fraction of sp³-hybridized carbons (Fsp3) is 0.137. The predicted octanol–water partition coefficient (Wildman–Crippen LogP) is 14.4. The highest BCUT2D eigenvalue weighted by Gasteiger charge is 2.38. The summed E-state index contributed by atoms with van der Waals surface area (Å²) in [4.78, 5) is 2.53. The van der Waals surface area contributed by atoms with Crippen LogP contribution in [0.1, 0.15) is 51.3 Å². The van der Waals surface area contributed by atoms with Crippen LogP contribution in [0.2, 0.25) is 0 Å². The lowest BCUT2D eigenvalue weighted by Gasteiger charge is -2.32. The lowest BCUT2D eigenvalue weighted by atomic mass is 9.81. The van der Waals surface area contributed by atoms with Crippen molar-refractivity contribution in [3.05, 3.63) is 187 Å². The van der Waals surface area contributed by atoms with Gasteiger partial charge in [0.2, 0.25) is 0 Å². The van der Waals surface area contributed by atoms with Crippen LogP contribution in [0.15, 0.2) is 170 Å². The Bertz CT molecular complexity index is 2630. The van der Waals surface area contributed by atoms with Gasteiger partial charge in [-0.1, -0.05) is 174 Å². The topological polar surface area (TPSA) is 3.24 Å². The van der Waals surface area contributed by atoms with Crippen LogP contribution in [0, 0.1) is 0 Å². The average Bonchev–Trinajstić information content (AvgIpc) is 3.40. The highest BCUT2D eigenvalue weighted by molar-refractivity contribution is 6.05. The van der Waals surface area contributed by atoms with E-state index in [-0.39, 0.29) is 10.8 Å². The first-order valence-electron chi connectivity index (χ1n) is 18.4. The summed E-state index contributed by atoms with van der Waals surface area (Å²) in [5.41, 5.74) is 15.0. The molecule has 0 N–H and O–H groups in total. The summed E-state index contributed by atoms with van der Waals surface area (Å²) in [6.45, 7) is 11.7. The number of anilines is 3. The van der Waals surface area contributed by atoms with Crippen molar-refractivity contribution in [1.82, 2.24) is 0 Å². The first-order valence-corrected chi connectivity index (χ1v) is 18.4. The van der Waals surface area contributed by atoms with Crippen LogP contribution in [-0.2, 0) is 10.8 Å². The standard InChI is InChI=1S/C51H43N/c1-50(2,3)44-26-14-13-24-41(44)43-31-36-20-9-10-21-37(36)32-48(43)52(47-28-15-22-34-19-11-12-23-39(34)47)38-29-30-42-46(33-38)51(4,5)45-27-16-25-40(49(42)45)35-17-7-6-8-18-35/h6-33H,1-5H3. The van der Waals surface area contributed by atoms with Gasteiger partial charge in [0.15, 0.2) is 0 Å². The number of rotatable bonds is 5. The molecule has 1 aliphatic carbocycles. The molecule has 0 spiro atoms. The maximum Gasteiger partial charge on any atom is 0.0546 e. The molecule has 0 fully saturated rings. The molecular formula is C51H43N. The minimum Gasteiger partial charge on any atom is -0.309 e. The van der Waals surface area contributed by atoms with E-state index in [1.54, 1.807) is 0 Å². The van der Waals surface area contributed by atoms with Crippen molar-refractivity contribution < 1.29 is 0 Å². The van der Waals surface area contributed by atoms with Gasteiger partial charge in [0, 0.05) is 22.1 Å². The third-order valence-electron chi connectivity index (χ3n) is 11.2. The fourth-order valence-corrected chi connectivity index (χ4v) is 8.59. The van der Waals surface area contributed by atoms with E-state index in [0.29, 0.717) is 0 Å². The van der Waals surface area contributed by atoms with Crippen LogP contribution < -0.4 is 4.90 Å². The predicted molar refractivity (Wildman–Crippen MR) is 223 cm³/mol. The molecule has 0 aliphatic heterocycles. The number of hydrogen-bond acceptors (Lipinski definition) is 1. The molecule has 1 heteroatoms. The van der Waals surface area contributed by atoms with E-state index >= 15 is 0 Å². The third-order valence-corrected chi connectivity index (χ3v) is 11.2. The molecule has 0 unspecified atom stereocenters. The molecule has 0 atom stereocenters. The van der Waals surface area contributed by atoms with E-state index in [2.05, 4.69) is 209 Å². The van der Waals surface area contributed by atoms with Gasteiger partial charge in [-0.15, -0.1) is 0 Å². The number of fused-ring (bicyclic) bond motifs is 5. The largest absolute Gasteiger partial charge is 0.309 e. The van der Waals surface area contributed by atoms with Gasteiger partial charge in [0.1, 0.15) is 0 Å². The number of benzene rings is 8. The van der Waals surface area contributed by atoms with E-state index < -0.39 is 0 Å². The van der Waals surface area contributed by atoms with Crippen molar-refractivity contribution >= 4 is 38.6 Å². The van der Waals surface area contributed by atoms with E-state index in [1.165, 1.54) is 83.0 Å². The Balaban J connectivity index is 1.35. The monoisotopic (exact) mass is 669 g/mol. The maximum absolute atomic E-state index is 2.53. The maximum atomic E-state index is 2.53. The van der Waals surface area contributed by atoms with Gasteiger partial charge < -0.3 is 4.90 Å². The SMILES string of the molecule is CC(C)(C)c1ccccc1-c1cc2ccccc2cc1N(c1ccc2c(c1)C(C)(C)c1cccc(-c3ccccc3)c1-2)c1cccc2ccccc12. The molecule has 1 aliphatic rings. The summed E-state index contributed by atoms with van der Waals surface area (Å²) in [6, 6.07) is 62.9. The van der Waals surface area contributed by atoms with Crippen LogP contribution in [0.5, 0.6) is 0 Å². The van der Waals surface area contributed by atoms with Gasteiger partial charge in [-0.05, 0) is 96.4 Å². The molecule has 0 amide bonds. The zero-order valence-corrected chi connectivity index (χ0v) is 30.6. The van der Waals surface area contributed by atoms with Crippen LogP contribution in [-0.4, -0.2) is 0 Å². The summed E-state index contributed by atoms with van der Waals surface area (Å²) < 4.78 is 0. The molecule has 0 saturated heterocycles. The quantitative estimate of drug-likeness (QED) is 0.176. The highest BCUT2D eigenvalue weighted by Crippen LogP contribution is 2.54. The van der Waals surface area contributed by atoms with Crippen molar-refractivity contribution in [1.29, 1.82) is 0 Å². The minimum atomic E-state index is -0.180. The van der Waals surface area contributed by atoms with Crippen LogP contribution in [0.25, 0.3) is 54.9 Å². The molecule has 0 heterocycles. The summed E-state index contributed by atoms with van der Waals surface area (Å²) in [5, 5.41) is 4.91. The Labute approximate surface area is 307 Å². The lowest BCUT2D eigenvalue weighted by Crippen LogP contribution is -2.17. The zero-order chi connectivity index (χ0) is 35.6. The molecule has 0 saturated carbocycles. The minimum absolute atomic E-state index is 0.0381. The highest BCUT2D eigenvalue weighted by atomic mass is 15.1. The molecule has 52 heavy (non-hydrogen) atoms. The average molecular weight is 670 g/mol. The van der Waals surface area contributed by atoms with Gasteiger partial charge >= 0.3 is 0 Å². The number of nitrogens with zero attached hydrogens (tertiary/aromatic N) is 1. The van der Waals surface area contributed by atoms with Gasteiger partial charge in [-0.2, -0.15) is 0 Å². The Hall–Kier alpha value is -5.92. The summed E-state index contributed by atoms with van der Waals surface area (Å²) in [7, 11) is 0. The summed E-state index contributed by atoms with van der Waals surface area (Å²) in [5.74, 6) is 0. The van der Waals surface area contributed by atoms with E-state index in [0.717, 1.165) is 5.69 Å². The molecular weight excluding hydrogens is 627 g/mol. The second kappa shape index (κ2) is 12.1. The second-order valence-electron chi connectivity index (χ2n) is 15.8. The molecule has 0 radical (unpaired) electrons. The lowest BCUT2D eigenvalue weighted by molar-refractivity contribution is 0.592. The normalized spacial score (nSPS) is 13.2. The Morgan fingerprint density at radius 1 is 0.442 bits per heavy atom. The Morgan fingerprint density at radius 3 is 1.87 bits per heavy atom. The van der Waals surface area contributed by atoms with Gasteiger partial charge in [-0.3, -0.25) is 0 Å². The van der Waals surface area contributed by atoms with Gasteiger partial charge in [0.25, 0.3) is 0 Å².